The minimum Gasteiger partial charge on any atom is -0.308 e. The molecule has 2 nitrogen and oxygen atoms in total. The van der Waals surface area contributed by atoms with Gasteiger partial charge in [-0.2, -0.15) is 0 Å². The van der Waals surface area contributed by atoms with Gasteiger partial charge in [0, 0.05) is 27.8 Å². The van der Waals surface area contributed by atoms with Gasteiger partial charge in [-0.3, -0.25) is 0 Å². The van der Waals surface area contributed by atoms with Crippen molar-refractivity contribution in [3.05, 3.63) is 231 Å². The monoisotopic (exact) mass is 762 g/mol. The summed E-state index contributed by atoms with van der Waals surface area (Å²) >= 11 is 0. The lowest BCUT2D eigenvalue weighted by Crippen LogP contribution is -2.12. The van der Waals surface area contributed by atoms with Gasteiger partial charge >= 0.3 is 0 Å². The highest BCUT2D eigenvalue weighted by Crippen LogP contribution is 2.49. The molecular weight excluding hydrogens is 725 g/mol. The second-order valence-electron chi connectivity index (χ2n) is 15.6. The Bertz CT molecular complexity index is 3590. The summed E-state index contributed by atoms with van der Waals surface area (Å²) in [6.07, 6.45) is 0. The van der Waals surface area contributed by atoms with Crippen LogP contribution in [0.2, 0.25) is 0 Å². The topological polar surface area (TPSA) is 8.17 Å². The highest BCUT2D eigenvalue weighted by molar-refractivity contribution is 6.23. The summed E-state index contributed by atoms with van der Waals surface area (Å²) < 4.78 is 2.44. The lowest BCUT2D eigenvalue weighted by molar-refractivity contribution is 1.17. The predicted molar refractivity (Wildman–Crippen MR) is 256 cm³/mol. The molecule has 60 heavy (non-hydrogen) atoms. The fourth-order valence-corrected chi connectivity index (χ4v) is 9.72. The number of hydrogen-bond acceptors (Lipinski definition) is 1. The van der Waals surface area contributed by atoms with Crippen LogP contribution >= 0.6 is 0 Å². The van der Waals surface area contributed by atoms with Crippen molar-refractivity contribution in [1.29, 1.82) is 0 Å². The molecule has 0 spiro atoms. The van der Waals surface area contributed by atoms with Gasteiger partial charge < -0.3 is 9.47 Å². The maximum Gasteiger partial charge on any atom is 0.0782 e. The minimum atomic E-state index is 1.09. The zero-order valence-electron chi connectivity index (χ0n) is 32.8. The summed E-state index contributed by atoms with van der Waals surface area (Å²) in [5, 5.41) is 12.3. The van der Waals surface area contributed by atoms with Crippen molar-refractivity contribution >= 4 is 82.0 Å². The first-order chi connectivity index (χ1) is 29.8. The zero-order valence-corrected chi connectivity index (χ0v) is 32.8. The molecule has 0 amide bonds. The first kappa shape index (κ1) is 34.1. The Balaban J connectivity index is 1.21. The third-order valence-electron chi connectivity index (χ3n) is 12.3. The average Bonchev–Trinajstić information content (AvgIpc) is 3.67. The van der Waals surface area contributed by atoms with E-state index in [0.717, 1.165) is 28.3 Å². The number of para-hydroxylation sites is 3. The number of anilines is 3. The van der Waals surface area contributed by atoms with Crippen LogP contribution in [-0.2, 0) is 0 Å². The van der Waals surface area contributed by atoms with Gasteiger partial charge in [0.05, 0.1) is 16.7 Å². The third-order valence-corrected chi connectivity index (χ3v) is 12.3. The van der Waals surface area contributed by atoms with Crippen molar-refractivity contribution < 1.29 is 0 Å². The average molecular weight is 763 g/mol. The SMILES string of the molecule is c1ccc(-c2c(-c3ccccc3)c3cc(N(c4ccc5c(ccc6ccccc65)c4)c4cccc5c6ccccc6n(-c6ccccc6)c45)ccc3c3ccccc23)cc1. The Labute approximate surface area is 348 Å². The molecular formula is C58H38N2. The molecule has 0 fully saturated rings. The fraction of sp³-hybridized carbons (Fsp3) is 0. The van der Waals surface area contributed by atoms with Crippen molar-refractivity contribution in [3.63, 3.8) is 0 Å². The van der Waals surface area contributed by atoms with E-state index in [9.17, 15) is 0 Å². The van der Waals surface area contributed by atoms with Gasteiger partial charge in [0.25, 0.3) is 0 Å². The number of nitrogens with zero attached hydrogens (tertiary/aromatic N) is 2. The Morgan fingerprint density at radius 1 is 0.300 bits per heavy atom. The molecule has 0 aliphatic rings. The zero-order chi connectivity index (χ0) is 39.6. The molecule has 0 aliphatic heterocycles. The number of fused-ring (bicyclic) bond motifs is 9. The van der Waals surface area contributed by atoms with Gasteiger partial charge in [-0.1, -0.05) is 182 Å². The number of hydrogen-bond donors (Lipinski definition) is 0. The second kappa shape index (κ2) is 13.9. The van der Waals surface area contributed by atoms with Gasteiger partial charge in [0.1, 0.15) is 0 Å². The van der Waals surface area contributed by atoms with Crippen molar-refractivity contribution in [2.24, 2.45) is 0 Å². The molecule has 2 heteroatoms. The van der Waals surface area contributed by atoms with Crippen molar-refractivity contribution in [1.82, 2.24) is 4.57 Å². The van der Waals surface area contributed by atoms with E-state index in [1.165, 1.54) is 81.6 Å². The molecule has 0 unspecified atom stereocenters. The summed E-state index contributed by atoms with van der Waals surface area (Å²) in [6, 6.07) is 84.4. The van der Waals surface area contributed by atoms with E-state index < -0.39 is 0 Å². The fourth-order valence-electron chi connectivity index (χ4n) is 9.72. The van der Waals surface area contributed by atoms with Gasteiger partial charge in [0.2, 0.25) is 0 Å². The molecule has 0 N–H and O–H groups in total. The van der Waals surface area contributed by atoms with Crippen LogP contribution in [-0.4, -0.2) is 4.57 Å². The molecule has 280 valence electrons. The first-order valence-electron chi connectivity index (χ1n) is 20.7. The number of rotatable bonds is 6. The van der Waals surface area contributed by atoms with E-state index in [1.807, 2.05) is 0 Å². The van der Waals surface area contributed by atoms with Crippen LogP contribution in [0.1, 0.15) is 0 Å². The van der Waals surface area contributed by atoms with Gasteiger partial charge in [-0.25, -0.2) is 0 Å². The summed E-state index contributed by atoms with van der Waals surface area (Å²) in [5.74, 6) is 0. The van der Waals surface area contributed by atoms with E-state index in [1.54, 1.807) is 0 Å². The van der Waals surface area contributed by atoms with Gasteiger partial charge in [0.15, 0.2) is 0 Å². The maximum atomic E-state index is 2.49. The molecule has 1 aromatic heterocycles. The Morgan fingerprint density at radius 3 is 1.57 bits per heavy atom. The van der Waals surface area contributed by atoms with E-state index >= 15 is 0 Å². The molecule has 12 aromatic rings. The predicted octanol–water partition coefficient (Wildman–Crippen LogP) is 16.2. The molecule has 0 radical (unpaired) electrons. The largest absolute Gasteiger partial charge is 0.308 e. The Kier molecular flexibility index (Phi) is 7.89. The molecule has 1 heterocycles. The lowest BCUT2D eigenvalue weighted by Gasteiger charge is -2.28. The van der Waals surface area contributed by atoms with Crippen LogP contribution in [0.3, 0.4) is 0 Å². The molecule has 0 aliphatic carbocycles. The molecule has 0 atom stereocenters. The highest BCUT2D eigenvalue weighted by Gasteiger charge is 2.24. The number of benzene rings is 11. The van der Waals surface area contributed by atoms with Crippen LogP contribution < -0.4 is 4.90 Å². The Morgan fingerprint density at radius 2 is 0.817 bits per heavy atom. The standard InChI is InChI=1S/C58H38N2/c1-4-18-40(19-5-1)56-51-27-13-12-25-48(51)49-36-34-45(38-53(49)57(56)41-20-6-2-7-21-41)59(44-33-35-47-42(37-44)32-31-39-17-10-11-24-46(39)47)55-30-16-28-52-50-26-14-15-29-54(50)60(58(52)55)43-22-8-3-9-23-43/h1-38H. The summed E-state index contributed by atoms with van der Waals surface area (Å²) in [7, 11) is 0. The summed E-state index contributed by atoms with van der Waals surface area (Å²) in [5.41, 5.74) is 11.6. The molecule has 0 saturated carbocycles. The van der Waals surface area contributed by atoms with Crippen LogP contribution in [0.5, 0.6) is 0 Å². The van der Waals surface area contributed by atoms with Crippen molar-refractivity contribution in [3.8, 4) is 27.9 Å². The molecule has 12 rings (SSSR count). The summed E-state index contributed by atoms with van der Waals surface area (Å²) in [6.45, 7) is 0. The van der Waals surface area contributed by atoms with Crippen LogP contribution in [0.4, 0.5) is 17.1 Å². The number of aromatic nitrogens is 1. The third kappa shape index (κ3) is 5.35. The van der Waals surface area contributed by atoms with Crippen LogP contribution in [0.15, 0.2) is 231 Å². The van der Waals surface area contributed by atoms with E-state index in [2.05, 4.69) is 240 Å². The maximum absolute atomic E-state index is 2.49. The van der Waals surface area contributed by atoms with Crippen molar-refractivity contribution in [2.45, 2.75) is 0 Å². The molecule has 11 aromatic carbocycles. The van der Waals surface area contributed by atoms with E-state index in [4.69, 9.17) is 0 Å². The summed E-state index contributed by atoms with van der Waals surface area (Å²) in [4.78, 5) is 2.49. The van der Waals surface area contributed by atoms with Crippen LogP contribution in [0.25, 0.3) is 92.8 Å². The van der Waals surface area contributed by atoms with E-state index in [0.29, 0.717) is 0 Å². The van der Waals surface area contributed by atoms with Crippen LogP contribution in [0, 0.1) is 0 Å². The van der Waals surface area contributed by atoms with E-state index in [-0.39, 0.29) is 0 Å². The highest BCUT2D eigenvalue weighted by atomic mass is 15.2. The Hall–Kier alpha value is -7.94. The van der Waals surface area contributed by atoms with Crippen molar-refractivity contribution in [2.75, 3.05) is 4.90 Å². The first-order valence-corrected chi connectivity index (χ1v) is 20.7. The van der Waals surface area contributed by atoms with Gasteiger partial charge in [-0.05, 0) is 114 Å². The minimum absolute atomic E-state index is 1.09. The molecule has 0 bridgehead atoms. The molecule has 0 saturated heterocycles. The normalized spacial score (nSPS) is 11.7. The lowest BCUT2D eigenvalue weighted by atomic mass is 9.85. The van der Waals surface area contributed by atoms with Gasteiger partial charge in [-0.15, -0.1) is 0 Å². The second-order valence-corrected chi connectivity index (χ2v) is 15.6. The quantitative estimate of drug-likeness (QED) is 0.153. The smallest absolute Gasteiger partial charge is 0.0782 e.